The minimum atomic E-state index is 0.501. The summed E-state index contributed by atoms with van der Waals surface area (Å²) in [4.78, 5) is 0. The molecule has 1 unspecified atom stereocenters. The summed E-state index contributed by atoms with van der Waals surface area (Å²) in [6.45, 7) is 2.54. The first-order chi connectivity index (χ1) is 11.3. The van der Waals surface area contributed by atoms with Gasteiger partial charge in [0.2, 0.25) is 0 Å². The number of benzene rings is 2. The van der Waals surface area contributed by atoms with Crippen LogP contribution in [0.25, 0.3) is 11.0 Å². The molecule has 0 saturated carbocycles. The maximum absolute atomic E-state index is 5.73. The Balaban J connectivity index is 1.46. The SMILES string of the molecule is Cn1nnc2c(CNCC3CCOc4ccccc43)cccc21. The molecule has 0 aliphatic carbocycles. The van der Waals surface area contributed by atoms with Crippen LogP contribution < -0.4 is 10.1 Å². The summed E-state index contributed by atoms with van der Waals surface area (Å²) < 4.78 is 7.54. The van der Waals surface area contributed by atoms with E-state index in [-0.39, 0.29) is 0 Å². The van der Waals surface area contributed by atoms with Gasteiger partial charge in [0, 0.05) is 26.1 Å². The summed E-state index contributed by atoms with van der Waals surface area (Å²) >= 11 is 0. The maximum Gasteiger partial charge on any atom is 0.122 e. The van der Waals surface area contributed by atoms with E-state index in [2.05, 4.69) is 46.0 Å². The molecule has 23 heavy (non-hydrogen) atoms. The van der Waals surface area contributed by atoms with Crippen LogP contribution in [0.5, 0.6) is 5.75 Å². The van der Waals surface area contributed by atoms with Crippen molar-refractivity contribution in [3.8, 4) is 5.75 Å². The summed E-state index contributed by atoms with van der Waals surface area (Å²) in [7, 11) is 1.92. The molecular weight excluding hydrogens is 288 g/mol. The molecule has 0 bridgehead atoms. The Labute approximate surface area is 135 Å². The number of nitrogens with zero attached hydrogens (tertiary/aromatic N) is 3. The van der Waals surface area contributed by atoms with Crippen molar-refractivity contribution in [2.24, 2.45) is 7.05 Å². The number of para-hydroxylation sites is 1. The van der Waals surface area contributed by atoms with Gasteiger partial charge in [-0.05, 0) is 29.7 Å². The molecule has 0 radical (unpaired) electrons. The first kappa shape index (κ1) is 14.2. The molecule has 0 saturated heterocycles. The average Bonchev–Trinajstić information content (AvgIpc) is 2.97. The van der Waals surface area contributed by atoms with Crippen LogP contribution in [0.1, 0.15) is 23.5 Å². The van der Waals surface area contributed by atoms with Crippen LogP contribution in [-0.2, 0) is 13.6 Å². The van der Waals surface area contributed by atoms with Gasteiger partial charge >= 0.3 is 0 Å². The van der Waals surface area contributed by atoms with E-state index >= 15 is 0 Å². The molecule has 0 amide bonds. The lowest BCUT2D eigenvalue weighted by atomic mass is 9.93. The van der Waals surface area contributed by atoms with E-state index in [1.165, 1.54) is 11.1 Å². The highest BCUT2D eigenvalue weighted by Gasteiger charge is 2.20. The summed E-state index contributed by atoms with van der Waals surface area (Å²) in [6.07, 6.45) is 1.05. The van der Waals surface area contributed by atoms with Gasteiger partial charge in [-0.25, -0.2) is 4.68 Å². The summed E-state index contributed by atoms with van der Waals surface area (Å²) in [5.74, 6) is 1.53. The molecule has 5 nitrogen and oxygen atoms in total. The highest BCUT2D eigenvalue weighted by molar-refractivity contribution is 5.77. The van der Waals surface area contributed by atoms with E-state index < -0.39 is 0 Å². The number of hydrogen-bond donors (Lipinski definition) is 1. The highest BCUT2D eigenvalue weighted by Crippen LogP contribution is 2.32. The molecule has 118 valence electrons. The molecule has 1 aliphatic heterocycles. The zero-order chi connectivity index (χ0) is 15.6. The van der Waals surface area contributed by atoms with Gasteiger partial charge in [0.25, 0.3) is 0 Å². The van der Waals surface area contributed by atoms with Gasteiger partial charge < -0.3 is 10.1 Å². The van der Waals surface area contributed by atoms with Crippen molar-refractivity contribution in [3.05, 3.63) is 53.6 Å². The van der Waals surface area contributed by atoms with Crippen LogP contribution in [0.15, 0.2) is 42.5 Å². The fourth-order valence-corrected chi connectivity index (χ4v) is 3.27. The Hall–Kier alpha value is -2.40. The third-order valence-corrected chi connectivity index (χ3v) is 4.51. The number of fused-ring (bicyclic) bond motifs is 2. The Bertz CT molecular complexity index is 827. The summed E-state index contributed by atoms with van der Waals surface area (Å²) in [5, 5.41) is 12.0. The number of aromatic nitrogens is 3. The predicted molar refractivity (Wildman–Crippen MR) is 89.5 cm³/mol. The van der Waals surface area contributed by atoms with E-state index in [9.17, 15) is 0 Å². The van der Waals surface area contributed by atoms with Crippen molar-refractivity contribution in [1.29, 1.82) is 0 Å². The van der Waals surface area contributed by atoms with Gasteiger partial charge in [0.05, 0.1) is 12.1 Å². The Morgan fingerprint density at radius 3 is 3.09 bits per heavy atom. The lowest BCUT2D eigenvalue weighted by molar-refractivity contribution is 0.264. The van der Waals surface area contributed by atoms with Crippen molar-refractivity contribution in [2.75, 3.05) is 13.2 Å². The molecule has 1 aliphatic rings. The zero-order valence-corrected chi connectivity index (χ0v) is 13.2. The van der Waals surface area contributed by atoms with Gasteiger partial charge in [0.15, 0.2) is 0 Å². The van der Waals surface area contributed by atoms with Crippen molar-refractivity contribution >= 4 is 11.0 Å². The minimum absolute atomic E-state index is 0.501. The molecule has 2 heterocycles. The molecule has 1 N–H and O–H groups in total. The van der Waals surface area contributed by atoms with Crippen molar-refractivity contribution in [3.63, 3.8) is 0 Å². The quantitative estimate of drug-likeness (QED) is 0.805. The van der Waals surface area contributed by atoms with Crippen molar-refractivity contribution in [2.45, 2.75) is 18.9 Å². The van der Waals surface area contributed by atoms with E-state index in [0.29, 0.717) is 5.92 Å². The minimum Gasteiger partial charge on any atom is -0.493 e. The second-order valence-electron chi connectivity index (χ2n) is 6.00. The van der Waals surface area contributed by atoms with Gasteiger partial charge in [-0.1, -0.05) is 35.5 Å². The van der Waals surface area contributed by atoms with E-state index in [1.807, 2.05) is 23.9 Å². The van der Waals surface area contributed by atoms with Gasteiger partial charge in [-0.3, -0.25) is 0 Å². The molecule has 1 aromatic heterocycles. The van der Waals surface area contributed by atoms with E-state index in [0.717, 1.165) is 42.9 Å². The normalized spacial score (nSPS) is 17.0. The molecule has 0 fully saturated rings. The standard InChI is InChI=1S/C18H20N4O/c1-22-16-7-4-5-14(18(16)20-21-22)12-19-11-13-9-10-23-17-8-3-2-6-15(13)17/h2-8,13,19H,9-12H2,1H3. The fourth-order valence-electron chi connectivity index (χ4n) is 3.27. The second-order valence-corrected chi connectivity index (χ2v) is 6.00. The largest absolute Gasteiger partial charge is 0.493 e. The van der Waals surface area contributed by atoms with Gasteiger partial charge in [-0.15, -0.1) is 5.10 Å². The molecule has 3 aromatic rings. The Kier molecular flexibility index (Phi) is 3.71. The maximum atomic E-state index is 5.73. The smallest absolute Gasteiger partial charge is 0.122 e. The summed E-state index contributed by atoms with van der Waals surface area (Å²) in [6, 6.07) is 14.6. The first-order valence-corrected chi connectivity index (χ1v) is 8.02. The van der Waals surface area contributed by atoms with E-state index in [1.54, 1.807) is 0 Å². The number of nitrogens with one attached hydrogen (secondary N) is 1. The number of ether oxygens (including phenoxy) is 1. The molecule has 4 rings (SSSR count). The zero-order valence-electron chi connectivity index (χ0n) is 13.2. The van der Waals surface area contributed by atoms with Crippen LogP contribution in [0.3, 0.4) is 0 Å². The van der Waals surface area contributed by atoms with Crippen LogP contribution in [0.2, 0.25) is 0 Å². The van der Waals surface area contributed by atoms with Gasteiger partial charge in [0.1, 0.15) is 11.3 Å². The van der Waals surface area contributed by atoms with Crippen molar-refractivity contribution in [1.82, 2.24) is 20.3 Å². The third-order valence-electron chi connectivity index (χ3n) is 4.51. The highest BCUT2D eigenvalue weighted by atomic mass is 16.5. The number of hydrogen-bond acceptors (Lipinski definition) is 4. The molecule has 1 atom stereocenters. The van der Waals surface area contributed by atoms with Crippen LogP contribution in [-0.4, -0.2) is 28.1 Å². The van der Waals surface area contributed by atoms with E-state index in [4.69, 9.17) is 4.74 Å². The van der Waals surface area contributed by atoms with Crippen LogP contribution in [0.4, 0.5) is 0 Å². The number of aryl methyl sites for hydroxylation is 1. The predicted octanol–water partition coefficient (Wildman–Crippen LogP) is 2.62. The lowest BCUT2D eigenvalue weighted by Gasteiger charge is -2.26. The molecule has 2 aromatic carbocycles. The average molecular weight is 308 g/mol. The first-order valence-electron chi connectivity index (χ1n) is 8.02. The lowest BCUT2D eigenvalue weighted by Crippen LogP contribution is -2.25. The van der Waals surface area contributed by atoms with Crippen LogP contribution >= 0.6 is 0 Å². The van der Waals surface area contributed by atoms with Crippen molar-refractivity contribution < 1.29 is 4.74 Å². The molecule has 5 heteroatoms. The second kappa shape index (κ2) is 6.01. The third kappa shape index (κ3) is 2.68. The number of rotatable bonds is 4. The molecular formula is C18H20N4O. The fraction of sp³-hybridized carbons (Fsp3) is 0.333. The monoisotopic (exact) mass is 308 g/mol. The summed E-state index contributed by atoms with van der Waals surface area (Å²) in [5.41, 5.74) is 4.55. The Morgan fingerprint density at radius 2 is 2.13 bits per heavy atom. The van der Waals surface area contributed by atoms with Gasteiger partial charge in [-0.2, -0.15) is 0 Å². The Morgan fingerprint density at radius 1 is 1.22 bits per heavy atom. The van der Waals surface area contributed by atoms with Crippen LogP contribution in [0, 0.1) is 0 Å². The topological polar surface area (TPSA) is 52.0 Å². The molecule has 0 spiro atoms.